The molecule has 0 bridgehead atoms. The van der Waals surface area contributed by atoms with E-state index in [1.807, 2.05) is 12.1 Å². The molecule has 0 aliphatic carbocycles. The van der Waals surface area contributed by atoms with Crippen LogP contribution in [0.3, 0.4) is 0 Å². The number of aromatic nitrogens is 2. The second-order valence-electron chi connectivity index (χ2n) is 4.88. The summed E-state index contributed by atoms with van der Waals surface area (Å²) < 4.78 is 18.2. The highest BCUT2D eigenvalue weighted by Gasteiger charge is 2.10. The van der Waals surface area contributed by atoms with Gasteiger partial charge in [-0.2, -0.15) is 4.98 Å². The molecule has 0 spiro atoms. The Hall–Kier alpha value is -2.49. The van der Waals surface area contributed by atoms with Gasteiger partial charge in [0.2, 0.25) is 5.82 Å². The SMILES string of the molecule is CCCc1ccc(-c2nc(-c3ccc(F)cc3)no2)cc1. The first-order valence-electron chi connectivity index (χ1n) is 6.95. The van der Waals surface area contributed by atoms with Crippen molar-refractivity contribution in [2.75, 3.05) is 0 Å². The molecule has 0 radical (unpaired) electrons. The van der Waals surface area contributed by atoms with Crippen molar-refractivity contribution in [3.63, 3.8) is 0 Å². The van der Waals surface area contributed by atoms with Crippen LogP contribution in [0.4, 0.5) is 4.39 Å². The first-order valence-corrected chi connectivity index (χ1v) is 6.95. The van der Waals surface area contributed by atoms with E-state index in [0.29, 0.717) is 11.7 Å². The lowest BCUT2D eigenvalue weighted by molar-refractivity contribution is 0.432. The van der Waals surface area contributed by atoms with E-state index in [1.165, 1.54) is 17.7 Å². The van der Waals surface area contributed by atoms with Crippen LogP contribution in [-0.4, -0.2) is 10.1 Å². The molecule has 1 aromatic heterocycles. The Morgan fingerprint density at radius 3 is 2.29 bits per heavy atom. The van der Waals surface area contributed by atoms with Gasteiger partial charge in [0.1, 0.15) is 5.82 Å². The van der Waals surface area contributed by atoms with E-state index < -0.39 is 0 Å². The van der Waals surface area contributed by atoms with Crippen LogP contribution in [0, 0.1) is 5.82 Å². The zero-order valence-electron chi connectivity index (χ0n) is 11.7. The molecule has 2 aromatic carbocycles. The van der Waals surface area contributed by atoms with Gasteiger partial charge in [0.05, 0.1) is 0 Å². The maximum absolute atomic E-state index is 12.9. The van der Waals surface area contributed by atoms with E-state index in [-0.39, 0.29) is 5.82 Å². The Bertz CT molecular complexity index is 717. The van der Waals surface area contributed by atoms with Crippen molar-refractivity contribution >= 4 is 0 Å². The lowest BCUT2D eigenvalue weighted by atomic mass is 10.1. The van der Waals surface area contributed by atoms with E-state index >= 15 is 0 Å². The molecule has 0 amide bonds. The highest BCUT2D eigenvalue weighted by molar-refractivity contribution is 5.59. The molecular weight excluding hydrogens is 267 g/mol. The number of rotatable bonds is 4. The number of hydrogen-bond acceptors (Lipinski definition) is 3. The molecule has 0 N–H and O–H groups in total. The molecule has 3 nitrogen and oxygen atoms in total. The maximum Gasteiger partial charge on any atom is 0.258 e. The van der Waals surface area contributed by atoms with Gasteiger partial charge >= 0.3 is 0 Å². The summed E-state index contributed by atoms with van der Waals surface area (Å²) in [6.45, 7) is 2.15. The number of aryl methyl sites for hydroxylation is 1. The minimum Gasteiger partial charge on any atom is -0.334 e. The molecule has 21 heavy (non-hydrogen) atoms. The lowest BCUT2D eigenvalue weighted by Crippen LogP contribution is -1.84. The summed E-state index contributed by atoms with van der Waals surface area (Å²) in [5, 5.41) is 3.94. The second kappa shape index (κ2) is 5.87. The average molecular weight is 282 g/mol. The standard InChI is InChI=1S/C17H15FN2O/c1-2-3-12-4-6-14(7-5-12)17-19-16(20-21-17)13-8-10-15(18)11-9-13/h4-11H,2-3H2,1H3. The van der Waals surface area contributed by atoms with Gasteiger partial charge in [0, 0.05) is 11.1 Å². The number of nitrogens with zero attached hydrogens (tertiary/aromatic N) is 2. The van der Waals surface area contributed by atoms with E-state index in [9.17, 15) is 4.39 Å². The molecule has 106 valence electrons. The third-order valence-corrected chi connectivity index (χ3v) is 3.27. The Balaban J connectivity index is 1.85. The van der Waals surface area contributed by atoms with Gasteiger partial charge in [0.15, 0.2) is 0 Å². The molecule has 0 aliphatic rings. The first kappa shape index (κ1) is 13.5. The van der Waals surface area contributed by atoms with Crippen LogP contribution in [0.25, 0.3) is 22.8 Å². The van der Waals surface area contributed by atoms with Crippen LogP contribution in [0.1, 0.15) is 18.9 Å². The molecule has 0 fully saturated rings. The zero-order valence-corrected chi connectivity index (χ0v) is 11.7. The van der Waals surface area contributed by atoms with Gasteiger partial charge in [-0.25, -0.2) is 4.39 Å². The van der Waals surface area contributed by atoms with Gasteiger partial charge in [0.25, 0.3) is 5.89 Å². The van der Waals surface area contributed by atoms with E-state index in [2.05, 4.69) is 29.2 Å². The van der Waals surface area contributed by atoms with Crippen LogP contribution in [0.2, 0.25) is 0 Å². The smallest absolute Gasteiger partial charge is 0.258 e. The topological polar surface area (TPSA) is 38.9 Å². The van der Waals surface area contributed by atoms with Crippen LogP contribution in [0.15, 0.2) is 53.1 Å². The largest absolute Gasteiger partial charge is 0.334 e. The summed E-state index contributed by atoms with van der Waals surface area (Å²) in [6, 6.07) is 14.1. The number of hydrogen-bond donors (Lipinski definition) is 0. The van der Waals surface area contributed by atoms with Crippen molar-refractivity contribution in [1.29, 1.82) is 0 Å². The predicted molar refractivity (Wildman–Crippen MR) is 79.1 cm³/mol. The lowest BCUT2D eigenvalue weighted by Gasteiger charge is -1.99. The third kappa shape index (κ3) is 2.99. The fourth-order valence-electron chi connectivity index (χ4n) is 2.16. The van der Waals surface area contributed by atoms with Crippen LogP contribution in [-0.2, 0) is 6.42 Å². The fourth-order valence-corrected chi connectivity index (χ4v) is 2.16. The molecule has 3 rings (SSSR count). The molecule has 0 saturated heterocycles. The molecule has 0 unspecified atom stereocenters. The minimum atomic E-state index is -0.283. The summed E-state index contributed by atoms with van der Waals surface area (Å²) in [7, 11) is 0. The van der Waals surface area contributed by atoms with Crippen molar-refractivity contribution in [3.05, 3.63) is 59.9 Å². The molecule has 0 aliphatic heterocycles. The Morgan fingerprint density at radius 1 is 0.952 bits per heavy atom. The summed E-state index contributed by atoms with van der Waals surface area (Å²) in [5.74, 6) is 0.647. The Morgan fingerprint density at radius 2 is 1.62 bits per heavy atom. The summed E-state index contributed by atoms with van der Waals surface area (Å²) in [5.41, 5.74) is 2.91. The van der Waals surface area contributed by atoms with Gasteiger partial charge in [-0.15, -0.1) is 0 Å². The maximum atomic E-state index is 12.9. The van der Waals surface area contributed by atoms with Gasteiger partial charge in [-0.05, 0) is 48.4 Å². The molecule has 4 heteroatoms. The summed E-state index contributed by atoms with van der Waals surface area (Å²) >= 11 is 0. The number of benzene rings is 2. The van der Waals surface area contributed by atoms with Crippen LogP contribution in [0.5, 0.6) is 0 Å². The third-order valence-electron chi connectivity index (χ3n) is 3.27. The van der Waals surface area contributed by atoms with Gasteiger partial charge in [-0.3, -0.25) is 0 Å². The van der Waals surface area contributed by atoms with Crippen LogP contribution < -0.4 is 0 Å². The van der Waals surface area contributed by atoms with Crippen molar-refractivity contribution in [3.8, 4) is 22.8 Å². The minimum absolute atomic E-state index is 0.283. The van der Waals surface area contributed by atoms with Crippen molar-refractivity contribution in [2.45, 2.75) is 19.8 Å². The molecular formula is C17H15FN2O. The molecule has 3 aromatic rings. The van der Waals surface area contributed by atoms with E-state index in [4.69, 9.17) is 4.52 Å². The zero-order chi connectivity index (χ0) is 14.7. The van der Waals surface area contributed by atoms with Crippen molar-refractivity contribution in [2.24, 2.45) is 0 Å². The first-order chi connectivity index (χ1) is 10.3. The van der Waals surface area contributed by atoms with Crippen molar-refractivity contribution < 1.29 is 8.91 Å². The van der Waals surface area contributed by atoms with Gasteiger partial charge in [-0.1, -0.05) is 30.6 Å². The molecule has 0 atom stereocenters. The Labute approximate surface area is 122 Å². The fraction of sp³-hybridized carbons (Fsp3) is 0.176. The van der Waals surface area contributed by atoms with E-state index in [0.717, 1.165) is 24.0 Å². The highest BCUT2D eigenvalue weighted by atomic mass is 19.1. The summed E-state index contributed by atoms with van der Waals surface area (Å²) in [6.07, 6.45) is 2.18. The van der Waals surface area contributed by atoms with Crippen molar-refractivity contribution in [1.82, 2.24) is 10.1 Å². The average Bonchev–Trinajstić information content (AvgIpc) is 2.99. The molecule has 1 heterocycles. The van der Waals surface area contributed by atoms with E-state index in [1.54, 1.807) is 12.1 Å². The highest BCUT2D eigenvalue weighted by Crippen LogP contribution is 2.22. The predicted octanol–water partition coefficient (Wildman–Crippen LogP) is 4.50. The normalized spacial score (nSPS) is 10.8. The number of halogens is 1. The van der Waals surface area contributed by atoms with Gasteiger partial charge < -0.3 is 4.52 Å². The summed E-state index contributed by atoms with van der Waals surface area (Å²) in [4.78, 5) is 4.36. The monoisotopic (exact) mass is 282 g/mol. The second-order valence-corrected chi connectivity index (χ2v) is 4.88. The quantitative estimate of drug-likeness (QED) is 0.707. The molecule has 0 saturated carbocycles. The van der Waals surface area contributed by atoms with Crippen LogP contribution >= 0.6 is 0 Å². The Kier molecular flexibility index (Phi) is 3.77.